The van der Waals surface area contributed by atoms with Crippen LogP contribution in [0, 0.1) is 0 Å². The van der Waals surface area contributed by atoms with Crippen LogP contribution in [0.5, 0.6) is 0 Å². The SMILES string of the molecule is c1ccc(-c2c(-c3ccccc3)[n+](-c3ccccc3)nc3ccccc23)cc1. The van der Waals surface area contributed by atoms with E-state index in [1.165, 1.54) is 11.1 Å². The molecule has 132 valence electrons. The number of hydrogen-bond donors (Lipinski definition) is 0. The van der Waals surface area contributed by atoms with Gasteiger partial charge in [-0.05, 0) is 28.4 Å². The molecule has 1 heterocycles. The molecule has 0 aliphatic rings. The second-order valence-corrected chi connectivity index (χ2v) is 6.72. The van der Waals surface area contributed by atoms with Gasteiger partial charge in [0, 0.05) is 28.2 Å². The van der Waals surface area contributed by atoms with Gasteiger partial charge in [-0.25, -0.2) is 0 Å². The van der Waals surface area contributed by atoms with Gasteiger partial charge in [0.2, 0.25) is 5.69 Å². The minimum Gasteiger partial charge on any atom is -0.0622 e. The third kappa shape index (κ3) is 2.85. The number of hydrogen-bond acceptors (Lipinski definition) is 1. The van der Waals surface area contributed by atoms with E-state index in [4.69, 9.17) is 5.10 Å². The molecule has 5 aromatic rings. The number of nitrogens with zero attached hydrogens (tertiary/aromatic N) is 2. The molecule has 0 saturated carbocycles. The maximum absolute atomic E-state index is 5.02. The molecule has 0 unspecified atom stereocenters. The van der Waals surface area contributed by atoms with Crippen molar-refractivity contribution in [3.8, 4) is 28.1 Å². The summed E-state index contributed by atoms with van der Waals surface area (Å²) in [5.74, 6) is 0. The average Bonchev–Trinajstić information content (AvgIpc) is 2.79. The largest absolute Gasteiger partial charge is 0.254 e. The van der Waals surface area contributed by atoms with Gasteiger partial charge in [0.25, 0.3) is 5.69 Å². The fourth-order valence-corrected chi connectivity index (χ4v) is 3.68. The molecule has 0 spiro atoms. The summed E-state index contributed by atoms with van der Waals surface area (Å²) in [6.45, 7) is 0. The average molecular weight is 359 g/mol. The maximum atomic E-state index is 5.02. The minimum atomic E-state index is 0.977. The van der Waals surface area contributed by atoms with E-state index in [0.717, 1.165) is 27.8 Å². The van der Waals surface area contributed by atoms with Crippen LogP contribution in [0.1, 0.15) is 0 Å². The van der Waals surface area contributed by atoms with Crippen molar-refractivity contribution in [3.05, 3.63) is 115 Å². The zero-order valence-corrected chi connectivity index (χ0v) is 15.4. The summed E-state index contributed by atoms with van der Waals surface area (Å²) in [7, 11) is 0. The predicted octanol–water partition coefficient (Wildman–Crippen LogP) is 5.85. The highest BCUT2D eigenvalue weighted by Gasteiger charge is 2.26. The first-order valence-electron chi connectivity index (χ1n) is 9.43. The molecular weight excluding hydrogens is 340 g/mol. The molecule has 2 nitrogen and oxygen atoms in total. The van der Waals surface area contributed by atoms with Crippen molar-refractivity contribution in [2.24, 2.45) is 0 Å². The molecule has 0 atom stereocenters. The molecule has 0 N–H and O–H groups in total. The first-order valence-corrected chi connectivity index (χ1v) is 9.43. The summed E-state index contributed by atoms with van der Waals surface area (Å²) >= 11 is 0. The third-order valence-corrected chi connectivity index (χ3v) is 4.94. The number of benzene rings is 4. The second-order valence-electron chi connectivity index (χ2n) is 6.72. The van der Waals surface area contributed by atoms with E-state index < -0.39 is 0 Å². The molecule has 0 aliphatic carbocycles. The zero-order chi connectivity index (χ0) is 18.8. The van der Waals surface area contributed by atoms with E-state index in [0.29, 0.717) is 0 Å². The Morgan fingerprint density at radius 3 is 1.71 bits per heavy atom. The van der Waals surface area contributed by atoms with Crippen LogP contribution in [0.3, 0.4) is 0 Å². The summed E-state index contributed by atoms with van der Waals surface area (Å²) in [5.41, 5.74) is 6.64. The van der Waals surface area contributed by atoms with Crippen molar-refractivity contribution in [1.29, 1.82) is 0 Å². The van der Waals surface area contributed by atoms with Crippen LogP contribution in [-0.2, 0) is 0 Å². The lowest BCUT2D eigenvalue weighted by molar-refractivity contribution is -0.645. The van der Waals surface area contributed by atoms with Gasteiger partial charge in [-0.3, -0.25) is 0 Å². The van der Waals surface area contributed by atoms with Crippen LogP contribution >= 0.6 is 0 Å². The highest BCUT2D eigenvalue weighted by atomic mass is 15.3. The van der Waals surface area contributed by atoms with Crippen molar-refractivity contribution in [2.75, 3.05) is 0 Å². The standard InChI is InChI=1S/C26H19N2/c1-4-12-20(13-5-1)25-23-18-10-11-19-24(23)27-28(22-16-8-3-9-17-22)26(25)21-14-6-2-7-15-21/h1-19H/q+1. The first kappa shape index (κ1) is 16.4. The quantitative estimate of drug-likeness (QED) is 0.370. The Labute approximate surface area is 164 Å². The summed E-state index contributed by atoms with van der Waals surface area (Å²) in [4.78, 5) is 0. The number of aromatic nitrogens is 2. The molecule has 28 heavy (non-hydrogen) atoms. The Morgan fingerprint density at radius 2 is 1.04 bits per heavy atom. The fraction of sp³-hybridized carbons (Fsp3) is 0. The summed E-state index contributed by atoms with van der Waals surface area (Å²) in [6, 6.07) is 39.8. The van der Waals surface area contributed by atoms with Gasteiger partial charge in [0.05, 0.1) is 5.56 Å². The molecule has 0 bridgehead atoms. The summed E-state index contributed by atoms with van der Waals surface area (Å²) < 4.78 is 2.07. The van der Waals surface area contributed by atoms with Crippen LogP contribution < -0.4 is 4.68 Å². The van der Waals surface area contributed by atoms with E-state index in [2.05, 4.69) is 102 Å². The van der Waals surface area contributed by atoms with Crippen molar-refractivity contribution in [2.45, 2.75) is 0 Å². The third-order valence-electron chi connectivity index (χ3n) is 4.94. The van der Waals surface area contributed by atoms with Gasteiger partial charge >= 0.3 is 0 Å². The molecule has 4 aromatic carbocycles. The molecule has 0 fully saturated rings. The lowest BCUT2D eigenvalue weighted by Gasteiger charge is -2.11. The minimum absolute atomic E-state index is 0.977. The van der Waals surface area contributed by atoms with Gasteiger partial charge in [-0.1, -0.05) is 84.9 Å². The Balaban J connectivity index is 1.97. The molecular formula is C26H19N2+. The number of rotatable bonds is 3. The Hall–Kier alpha value is -3.78. The zero-order valence-electron chi connectivity index (χ0n) is 15.4. The van der Waals surface area contributed by atoms with E-state index >= 15 is 0 Å². The Morgan fingerprint density at radius 1 is 0.500 bits per heavy atom. The molecule has 0 amide bonds. The van der Waals surface area contributed by atoms with E-state index in [1.54, 1.807) is 0 Å². The number of para-hydroxylation sites is 1. The molecule has 1 aromatic heterocycles. The van der Waals surface area contributed by atoms with Crippen molar-refractivity contribution in [3.63, 3.8) is 0 Å². The van der Waals surface area contributed by atoms with Crippen LogP contribution in [0.4, 0.5) is 0 Å². The molecule has 0 saturated heterocycles. The Kier molecular flexibility index (Phi) is 4.15. The van der Waals surface area contributed by atoms with Crippen molar-refractivity contribution < 1.29 is 4.68 Å². The van der Waals surface area contributed by atoms with E-state index in [9.17, 15) is 0 Å². The van der Waals surface area contributed by atoms with Gasteiger partial charge in [-0.15, -0.1) is 0 Å². The summed E-state index contributed by atoms with van der Waals surface area (Å²) in [5, 5.41) is 6.18. The van der Waals surface area contributed by atoms with Crippen LogP contribution in [-0.4, -0.2) is 5.10 Å². The molecule has 5 rings (SSSR count). The second kappa shape index (κ2) is 7.09. The summed E-state index contributed by atoms with van der Waals surface area (Å²) in [6.07, 6.45) is 0. The first-order chi connectivity index (χ1) is 13.9. The Bertz CT molecular complexity index is 1230. The van der Waals surface area contributed by atoms with Crippen molar-refractivity contribution in [1.82, 2.24) is 5.10 Å². The lowest BCUT2D eigenvalue weighted by atomic mass is 9.95. The van der Waals surface area contributed by atoms with Gasteiger partial charge in [0.1, 0.15) is 5.52 Å². The predicted molar refractivity (Wildman–Crippen MR) is 114 cm³/mol. The monoisotopic (exact) mass is 359 g/mol. The highest BCUT2D eigenvalue weighted by molar-refractivity contribution is 5.99. The number of fused-ring (bicyclic) bond motifs is 1. The lowest BCUT2D eigenvalue weighted by Crippen LogP contribution is -2.38. The van der Waals surface area contributed by atoms with Gasteiger partial charge in [-0.2, -0.15) is 0 Å². The van der Waals surface area contributed by atoms with E-state index in [1.807, 2.05) is 18.2 Å². The normalized spacial score (nSPS) is 10.9. The van der Waals surface area contributed by atoms with Gasteiger partial charge in [0.15, 0.2) is 0 Å². The highest BCUT2D eigenvalue weighted by Crippen LogP contribution is 2.35. The van der Waals surface area contributed by atoms with Crippen molar-refractivity contribution >= 4 is 10.9 Å². The maximum Gasteiger partial charge on any atom is 0.254 e. The van der Waals surface area contributed by atoms with Crippen LogP contribution in [0.15, 0.2) is 115 Å². The molecule has 0 radical (unpaired) electrons. The van der Waals surface area contributed by atoms with Gasteiger partial charge < -0.3 is 0 Å². The van der Waals surface area contributed by atoms with E-state index in [-0.39, 0.29) is 0 Å². The molecule has 0 aliphatic heterocycles. The van der Waals surface area contributed by atoms with Crippen LogP contribution in [0.2, 0.25) is 0 Å². The fourth-order valence-electron chi connectivity index (χ4n) is 3.68. The molecule has 2 heteroatoms. The topological polar surface area (TPSA) is 16.8 Å². The van der Waals surface area contributed by atoms with Crippen LogP contribution in [0.25, 0.3) is 39.0 Å². The smallest absolute Gasteiger partial charge is 0.0622 e.